The van der Waals surface area contributed by atoms with Crippen LogP contribution in [0.2, 0.25) is 5.02 Å². The first-order chi connectivity index (χ1) is 13.0. The molecular weight excluding hydrogens is 384 g/mol. The Morgan fingerprint density at radius 1 is 1.11 bits per heavy atom. The topological polar surface area (TPSA) is 76.9 Å². The molecule has 0 spiro atoms. The van der Waals surface area contributed by atoms with Crippen molar-refractivity contribution in [2.24, 2.45) is 7.05 Å². The van der Waals surface area contributed by atoms with Crippen LogP contribution in [0.15, 0.2) is 53.7 Å². The maximum absolute atomic E-state index is 12.3. The van der Waals surface area contributed by atoms with Gasteiger partial charge in [-0.3, -0.25) is 9.59 Å². The van der Waals surface area contributed by atoms with Crippen molar-refractivity contribution in [1.82, 2.24) is 14.8 Å². The van der Waals surface area contributed by atoms with Crippen molar-refractivity contribution >= 4 is 40.7 Å². The second-order valence-corrected chi connectivity index (χ2v) is 7.19. The van der Waals surface area contributed by atoms with E-state index in [1.165, 1.54) is 18.7 Å². The number of para-hydroxylation sites is 1. The van der Waals surface area contributed by atoms with E-state index in [1.54, 1.807) is 36.4 Å². The zero-order valence-corrected chi connectivity index (χ0v) is 16.3. The summed E-state index contributed by atoms with van der Waals surface area (Å²) in [5.74, 6) is 0.527. The fourth-order valence-corrected chi connectivity index (χ4v) is 3.34. The quantitative estimate of drug-likeness (QED) is 0.498. The number of rotatable bonds is 6. The molecule has 0 aliphatic rings. The number of hydrogen-bond acceptors (Lipinski definition) is 5. The summed E-state index contributed by atoms with van der Waals surface area (Å²) in [5.41, 5.74) is 1.89. The van der Waals surface area contributed by atoms with E-state index in [9.17, 15) is 9.59 Å². The van der Waals surface area contributed by atoms with E-state index >= 15 is 0 Å². The number of thioether (sulfide) groups is 1. The molecule has 27 heavy (non-hydrogen) atoms. The molecule has 8 heteroatoms. The number of nitrogens with one attached hydrogen (secondary N) is 1. The minimum absolute atomic E-state index is 0.0977. The molecule has 1 heterocycles. The van der Waals surface area contributed by atoms with Crippen LogP contribution in [0.25, 0.3) is 11.4 Å². The predicted molar refractivity (Wildman–Crippen MR) is 107 cm³/mol. The number of hydrogen-bond donors (Lipinski definition) is 1. The van der Waals surface area contributed by atoms with Gasteiger partial charge in [-0.1, -0.05) is 35.5 Å². The second kappa shape index (κ2) is 8.37. The molecule has 0 unspecified atom stereocenters. The van der Waals surface area contributed by atoms with Crippen LogP contribution in [0.3, 0.4) is 0 Å². The number of aromatic nitrogens is 3. The third-order valence-corrected chi connectivity index (χ3v) is 5.12. The largest absolute Gasteiger partial charge is 0.325 e. The Bertz CT molecular complexity index is 986. The van der Waals surface area contributed by atoms with Crippen LogP contribution in [0.1, 0.15) is 17.3 Å². The molecule has 0 atom stereocenters. The van der Waals surface area contributed by atoms with Gasteiger partial charge in [0.2, 0.25) is 5.91 Å². The standard InChI is InChI=1S/C19H17ClN4O2S/c1-12(25)15-5-3-4-6-16(15)21-17(26)11-27-19-23-22-18(24(19)2)13-7-9-14(20)10-8-13/h3-10H,11H2,1-2H3,(H,21,26). The molecule has 2 aromatic carbocycles. The molecule has 1 amide bonds. The van der Waals surface area contributed by atoms with Gasteiger partial charge in [-0.15, -0.1) is 10.2 Å². The Hall–Kier alpha value is -2.64. The number of anilines is 1. The summed E-state index contributed by atoms with van der Waals surface area (Å²) in [7, 11) is 1.84. The summed E-state index contributed by atoms with van der Waals surface area (Å²) in [6.45, 7) is 1.47. The number of carbonyl (C=O) groups is 2. The number of carbonyl (C=O) groups excluding carboxylic acids is 2. The van der Waals surface area contributed by atoms with Crippen LogP contribution in [0.5, 0.6) is 0 Å². The highest BCUT2D eigenvalue weighted by molar-refractivity contribution is 7.99. The number of Topliss-reactive ketones (excluding diaryl/α,β-unsaturated/α-hetero) is 1. The summed E-state index contributed by atoms with van der Waals surface area (Å²) in [4.78, 5) is 23.9. The van der Waals surface area contributed by atoms with Crippen molar-refractivity contribution in [3.8, 4) is 11.4 Å². The number of nitrogens with zero attached hydrogens (tertiary/aromatic N) is 3. The van der Waals surface area contributed by atoms with E-state index in [2.05, 4.69) is 15.5 Å². The molecule has 3 aromatic rings. The number of ketones is 1. The fourth-order valence-electron chi connectivity index (χ4n) is 2.51. The minimum Gasteiger partial charge on any atom is -0.325 e. The summed E-state index contributed by atoms with van der Waals surface area (Å²) in [5, 5.41) is 12.4. The van der Waals surface area contributed by atoms with Gasteiger partial charge in [0.05, 0.1) is 11.4 Å². The first kappa shape index (κ1) is 19.1. The van der Waals surface area contributed by atoms with E-state index in [0.717, 1.165) is 5.56 Å². The zero-order valence-electron chi connectivity index (χ0n) is 14.8. The smallest absolute Gasteiger partial charge is 0.234 e. The Kier molecular flexibility index (Phi) is 5.93. The second-order valence-electron chi connectivity index (χ2n) is 5.81. The van der Waals surface area contributed by atoms with Gasteiger partial charge < -0.3 is 9.88 Å². The lowest BCUT2D eigenvalue weighted by Crippen LogP contribution is -2.16. The average molecular weight is 401 g/mol. The fraction of sp³-hybridized carbons (Fsp3) is 0.158. The number of amides is 1. The molecule has 0 saturated heterocycles. The molecule has 1 N–H and O–H groups in total. The maximum atomic E-state index is 12.3. The van der Waals surface area contributed by atoms with Crippen LogP contribution in [0.4, 0.5) is 5.69 Å². The molecule has 6 nitrogen and oxygen atoms in total. The molecule has 138 valence electrons. The lowest BCUT2D eigenvalue weighted by atomic mass is 10.1. The van der Waals surface area contributed by atoms with Gasteiger partial charge in [0, 0.05) is 23.2 Å². The van der Waals surface area contributed by atoms with Crippen molar-refractivity contribution in [3.63, 3.8) is 0 Å². The lowest BCUT2D eigenvalue weighted by Gasteiger charge is -2.09. The van der Waals surface area contributed by atoms with Crippen molar-refractivity contribution in [3.05, 3.63) is 59.1 Å². The van der Waals surface area contributed by atoms with Crippen molar-refractivity contribution in [2.45, 2.75) is 12.1 Å². The molecular formula is C19H17ClN4O2S. The zero-order chi connectivity index (χ0) is 19.4. The molecule has 1 aromatic heterocycles. The third kappa shape index (κ3) is 4.56. The molecule has 0 saturated carbocycles. The van der Waals surface area contributed by atoms with Gasteiger partial charge in [0.25, 0.3) is 0 Å². The number of benzene rings is 2. The van der Waals surface area contributed by atoms with Crippen molar-refractivity contribution in [2.75, 3.05) is 11.1 Å². The van der Waals surface area contributed by atoms with Crippen LogP contribution >= 0.6 is 23.4 Å². The summed E-state index contributed by atoms with van der Waals surface area (Å²) >= 11 is 7.19. The first-order valence-corrected chi connectivity index (χ1v) is 9.50. The molecule has 0 aliphatic carbocycles. The predicted octanol–water partition coefficient (Wildman–Crippen LogP) is 4.07. The highest BCUT2D eigenvalue weighted by atomic mass is 35.5. The highest BCUT2D eigenvalue weighted by Crippen LogP contribution is 2.24. The summed E-state index contributed by atoms with van der Waals surface area (Å²) in [6, 6.07) is 14.2. The molecule has 3 rings (SSSR count). The monoisotopic (exact) mass is 400 g/mol. The van der Waals surface area contributed by atoms with Crippen LogP contribution in [0, 0.1) is 0 Å². The Balaban J connectivity index is 1.66. The number of halogens is 1. The molecule has 0 aliphatic heterocycles. The van der Waals surface area contributed by atoms with Gasteiger partial charge in [-0.2, -0.15) is 0 Å². The van der Waals surface area contributed by atoms with Crippen molar-refractivity contribution < 1.29 is 9.59 Å². The summed E-state index contributed by atoms with van der Waals surface area (Å²) < 4.78 is 1.82. The van der Waals surface area contributed by atoms with Crippen molar-refractivity contribution in [1.29, 1.82) is 0 Å². The average Bonchev–Trinajstić information content (AvgIpc) is 3.01. The molecule has 0 radical (unpaired) electrons. The Labute approximate surface area is 165 Å². The molecule has 0 bridgehead atoms. The lowest BCUT2D eigenvalue weighted by molar-refractivity contribution is -0.113. The minimum atomic E-state index is -0.218. The van der Waals surface area contributed by atoms with Gasteiger partial charge in [0.15, 0.2) is 16.8 Å². The normalized spacial score (nSPS) is 10.6. The van der Waals surface area contributed by atoms with E-state index in [0.29, 0.717) is 27.3 Å². The molecule has 0 fully saturated rings. The van der Waals surface area contributed by atoms with Crippen LogP contribution < -0.4 is 5.32 Å². The van der Waals surface area contributed by atoms with E-state index in [1.807, 2.05) is 23.7 Å². The SMILES string of the molecule is CC(=O)c1ccccc1NC(=O)CSc1nnc(-c2ccc(Cl)cc2)n1C. The summed E-state index contributed by atoms with van der Waals surface area (Å²) in [6.07, 6.45) is 0. The Morgan fingerprint density at radius 3 is 2.52 bits per heavy atom. The van der Waals surface area contributed by atoms with Gasteiger partial charge in [-0.25, -0.2) is 0 Å². The maximum Gasteiger partial charge on any atom is 0.234 e. The highest BCUT2D eigenvalue weighted by Gasteiger charge is 2.14. The van der Waals surface area contributed by atoms with Crippen LogP contribution in [-0.2, 0) is 11.8 Å². The van der Waals surface area contributed by atoms with E-state index < -0.39 is 0 Å². The van der Waals surface area contributed by atoms with Gasteiger partial charge >= 0.3 is 0 Å². The third-order valence-electron chi connectivity index (χ3n) is 3.85. The van der Waals surface area contributed by atoms with E-state index in [4.69, 9.17) is 11.6 Å². The van der Waals surface area contributed by atoms with Gasteiger partial charge in [-0.05, 0) is 43.3 Å². The Morgan fingerprint density at radius 2 is 1.81 bits per heavy atom. The van der Waals surface area contributed by atoms with Crippen LogP contribution in [-0.4, -0.2) is 32.2 Å². The van der Waals surface area contributed by atoms with Gasteiger partial charge in [0.1, 0.15) is 0 Å². The van der Waals surface area contributed by atoms with E-state index in [-0.39, 0.29) is 17.4 Å². The first-order valence-electron chi connectivity index (χ1n) is 8.13.